The molecule has 0 aliphatic carbocycles. The molecule has 0 atom stereocenters. The van der Waals surface area contributed by atoms with Crippen molar-refractivity contribution in [3.63, 3.8) is 0 Å². The summed E-state index contributed by atoms with van der Waals surface area (Å²) in [7, 11) is 0. The number of anilines is 1. The number of nitrogens with zero attached hydrogens (tertiary/aromatic N) is 1. The highest BCUT2D eigenvalue weighted by Crippen LogP contribution is 2.37. The lowest BCUT2D eigenvalue weighted by Crippen LogP contribution is -2.43. The molecule has 0 saturated carbocycles. The van der Waals surface area contributed by atoms with Gasteiger partial charge in [0.15, 0.2) is 0 Å². The van der Waals surface area contributed by atoms with Gasteiger partial charge in [0.1, 0.15) is 0 Å². The van der Waals surface area contributed by atoms with Crippen LogP contribution in [0.5, 0.6) is 0 Å². The maximum absolute atomic E-state index is 11.9. The van der Waals surface area contributed by atoms with Crippen molar-refractivity contribution in [2.75, 3.05) is 4.90 Å². The summed E-state index contributed by atoms with van der Waals surface area (Å²) in [6, 6.07) is 5.97. The van der Waals surface area contributed by atoms with Crippen LogP contribution in [0.3, 0.4) is 0 Å². The second kappa shape index (κ2) is 3.34. The number of amides is 1. The van der Waals surface area contributed by atoms with Crippen LogP contribution in [0.25, 0.3) is 0 Å². The van der Waals surface area contributed by atoms with Gasteiger partial charge in [-0.25, -0.2) is 0 Å². The molecule has 1 aromatic rings. The van der Waals surface area contributed by atoms with Crippen LogP contribution in [-0.2, 0) is 11.2 Å². The van der Waals surface area contributed by atoms with Crippen molar-refractivity contribution in [2.45, 2.75) is 32.7 Å². The summed E-state index contributed by atoms with van der Waals surface area (Å²) in [6.07, 6.45) is 0.508. The maximum atomic E-state index is 11.9. The lowest BCUT2D eigenvalue weighted by atomic mass is 10.1. The van der Waals surface area contributed by atoms with Crippen LogP contribution in [-0.4, -0.2) is 11.4 Å². The van der Waals surface area contributed by atoms with E-state index in [-0.39, 0.29) is 11.4 Å². The van der Waals surface area contributed by atoms with E-state index in [4.69, 9.17) is 0 Å². The molecule has 0 spiro atoms. The maximum Gasteiger partial charge on any atom is 0.232 e. The van der Waals surface area contributed by atoms with Gasteiger partial charge in [-0.15, -0.1) is 0 Å². The first kappa shape index (κ1) is 10.7. The molecule has 0 bridgehead atoms. The van der Waals surface area contributed by atoms with Crippen LogP contribution in [0, 0.1) is 0 Å². The Balaban J connectivity index is 2.56. The lowest BCUT2D eigenvalue weighted by Gasteiger charge is -2.32. The van der Waals surface area contributed by atoms with E-state index in [2.05, 4.69) is 36.7 Å². The zero-order valence-corrected chi connectivity index (χ0v) is 10.8. The summed E-state index contributed by atoms with van der Waals surface area (Å²) in [5.74, 6) is 0.185. The van der Waals surface area contributed by atoms with Gasteiger partial charge >= 0.3 is 0 Å². The molecule has 15 heavy (non-hydrogen) atoms. The third-order valence-electron chi connectivity index (χ3n) is 2.58. The fourth-order valence-corrected chi connectivity index (χ4v) is 2.53. The van der Waals surface area contributed by atoms with E-state index < -0.39 is 0 Å². The molecule has 0 saturated heterocycles. The highest BCUT2D eigenvalue weighted by Gasteiger charge is 2.35. The molecule has 1 aliphatic rings. The molecule has 2 rings (SSSR count). The van der Waals surface area contributed by atoms with Crippen molar-refractivity contribution in [3.8, 4) is 0 Å². The highest BCUT2D eigenvalue weighted by molar-refractivity contribution is 9.10. The number of hydrogen-bond donors (Lipinski definition) is 0. The summed E-state index contributed by atoms with van der Waals surface area (Å²) in [4.78, 5) is 13.8. The van der Waals surface area contributed by atoms with E-state index in [0.717, 1.165) is 15.7 Å². The SMILES string of the molecule is CC(C)(C)N1C(=O)Cc2c(Br)cccc21. The van der Waals surface area contributed by atoms with Gasteiger partial charge < -0.3 is 4.90 Å². The molecule has 0 aromatic heterocycles. The smallest absolute Gasteiger partial charge is 0.232 e. The van der Waals surface area contributed by atoms with Gasteiger partial charge in [0.2, 0.25) is 5.91 Å². The first-order chi connectivity index (χ1) is 6.91. The number of benzene rings is 1. The Morgan fingerprint density at radius 2 is 2.00 bits per heavy atom. The number of carbonyl (C=O) groups is 1. The molecule has 1 aromatic carbocycles. The van der Waals surface area contributed by atoms with Crippen molar-refractivity contribution in [2.24, 2.45) is 0 Å². The largest absolute Gasteiger partial charge is 0.307 e. The molecule has 0 radical (unpaired) electrons. The summed E-state index contributed by atoms with van der Waals surface area (Å²) < 4.78 is 1.03. The second-order valence-electron chi connectivity index (χ2n) is 4.81. The number of hydrogen-bond acceptors (Lipinski definition) is 1. The van der Waals surface area contributed by atoms with Gasteiger partial charge in [-0.05, 0) is 38.5 Å². The Bertz CT molecular complexity index is 420. The van der Waals surface area contributed by atoms with Crippen LogP contribution in [0.15, 0.2) is 22.7 Å². The van der Waals surface area contributed by atoms with Crippen molar-refractivity contribution in [3.05, 3.63) is 28.2 Å². The van der Waals surface area contributed by atoms with E-state index in [0.29, 0.717) is 6.42 Å². The first-order valence-electron chi connectivity index (χ1n) is 5.02. The normalized spacial score (nSPS) is 15.7. The molecule has 3 heteroatoms. The predicted molar refractivity (Wildman–Crippen MR) is 65.1 cm³/mol. The van der Waals surface area contributed by atoms with Crippen LogP contribution in [0.2, 0.25) is 0 Å². The van der Waals surface area contributed by atoms with Crippen LogP contribution < -0.4 is 4.90 Å². The van der Waals surface area contributed by atoms with E-state index in [9.17, 15) is 4.79 Å². The number of fused-ring (bicyclic) bond motifs is 1. The zero-order valence-electron chi connectivity index (χ0n) is 9.17. The summed E-state index contributed by atoms with van der Waals surface area (Å²) in [6.45, 7) is 6.17. The Kier molecular flexibility index (Phi) is 2.38. The quantitative estimate of drug-likeness (QED) is 0.707. The summed E-state index contributed by atoms with van der Waals surface area (Å²) in [5.41, 5.74) is 2.00. The zero-order chi connectivity index (χ0) is 11.2. The van der Waals surface area contributed by atoms with Crippen LogP contribution in [0.4, 0.5) is 5.69 Å². The standard InChI is InChI=1S/C12H14BrNO/c1-12(2,3)14-10-6-4-5-9(13)8(10)7-11(14)15/h4-6H,7H2,1-3H3. The van der Waals surface area contributed by atoms with E-state index in [1.807, 2.05) is 23.1 Å². The van der Waals surface area contributed by atoms with Crippen molar-refractivity contribution in [1.29, 1.82) is 0 Å². The van der Waals surface area contributed by atoms with Gasteiger partial charge in [0.25, 0.3) is 0 Å². The Labute approximate surface area is 98.4 Å². The highest BCUT2D eigenvalue weighted by atomic mass is 79.9. The average Bonchev–Trinajstić information content (AvgIpc) is 2.41. The Hall–Kier alpha value is -0.830. The van der Waals surface area contributed by atoms with Gasteiger partial charge in [0.05, 0.1) is 6.42 Å². The second-order valence-corrected chi connectivity index (χ2v) is 5.67. The fraction of sp³-hybridized carbons (Fsp3) is 0.417. The predicted octanol–water partition coefficient (Wildman–Crippen LogP) is 3.14. The van der Waals surface area contributed by atoms with Gasteiger partial charge in [-0.3, -0.25) is 4.79 Å². The van der Waals surface area contributed by atoms with E-state index in [1.165, 1.54) is 0 Å². The molecule has 0 fully saturated rings. The minimum Gasteiger partial charge on any atom is -0.307 e. The minimum absolute atomic E-state index is 0.150. The topological polar surface area (TPSA) is 20.3 Å². The third kappa shape index (κ3) is 1.69. The van der Waals surface area contributed by atoms with Gasteiger partial charge in [-0.2, -0.15) is 0 Å². The number of halogens is 1. The monoisotopic (exact) mass is 267 g/mol. The van der Waals surface area contributed by atoms with Crippen LogP contribution >= 0.6 is 15.9 Å². The van der Waals surface area contributed by atoms with Crippen molar-refractivity contribution >= 4 is 27.5 Å². The average molecular weight is 268 g/mol. The van der Waals surface area contributed by atoms with Gasteiger partial charge in [0, 0.05) is 15.7 Å². The molecule has 1 aliphatic heterocycles. The molecule has 0 unspecified atom stereocenters. The Morgan fingerprint density at radius 1 is 1.33 bits per heavy atom. The molecule has 80 valence electrons. The van der Waals surface area contributed by atoms with E-state index in [1.54, 1.807) is 0 Å². The summed E-state index contributed by atoms with van der Waals surface area (Å²) in [5, 5.41) is 0. The first-order valence-corrected chi connectivity index (χ1v) is 5.81. The molecular weight excluding hydrogens is 254 g/mol. The lowest BCUT2D eigenvalue weighted by molar-refractivity contribution is -0.118. The number of carbonyl (C=O) groups excluding carboxylic acids is 1. The van der Waals surface area contributed by atoms with Crippen molar-refractivity contribution in [1.82, 2.24) is 0 Å². The number of rotatable bonds is 0. The molecule has 1 amide bonds. The van der Waals surface area contributed by atoms with Crippen molar-refractivity contribution < 1.29 is 4.79 Å². The molecule has 0 N–H and O–H groups in total. The molecule has 2 nitrogen and oxygen atoms in total. The summed E-state index contributed by atoms with van der Waals surface area (Å²) >= 11 is 3.49. The van der Waals surface area contributed by atoms with E-state index >= 15 is 0 Å². The minimum atomic E-state index is -0.150. The fourth-order valence-electron chi connectivity index (χ4n) is 2.03. The van der Waals surface area contributed by atoms with Crippen LogP contribution in [0.1, 0.15) is 26.3 Å². The molecule has 1 heterocycles. The Morgan fingerprint density at radius 3 is 2.60 bits per heavy atom. The molecular formula is C12H14BrNO. The van der Waals surface area contributed by atoms with Gasteiger partial charge in [-0.1, -0.05) is 22.0 Å². The third-order valence-corrected chi connectivity index (χ3v) is 3.33.